The van der Waals surface area contributed by atoms with Crippen LogP contribution < -0.4 is 4.74 Å². The van der Waals surface area contributed by atoms with E-state index in [2.05, 4.69) is 27.6 Å². The van der Waals surface area contributed by atoms with E-state index < -0.39 is 0 Å². The number of thiazole rings is 1. The second-order valence-electron chi connectivity index (χ2n) is 4.49. The smallest absolute Gasteiger partial charge is 0.242 e. The molecule has 4 aromatic heterocycles. The summed E-state index contributed by atoms with van der Waals surface area (Å²) in [5.74, 6) is 0.615. The van der Waals surface area contributed by atoms with Crippen molar-refractivity contribution in [3.8, 4) is 17.1 Å². The van der Waals surface area contributed by atoms with Crippen molar-refractivity contribution < 1.29 is 4.74 Å². The van der Waals surface area contributed by atoms with Crippen LogP contribution in [-0.4, -0.2) is 26.5 Å². The number of ether oxygens (including phenoxy) is 1. The number of aromatic nitrogens is 4. The number of imidazole rings is 1. The summed E-state index contributed by atoms with van der Waals surface area (Å²) < 4.78 is 7.20. The highest BCUT2D eigenvalue weighted by molar-refractivity contribution is 7.58. The van der Waals surface area contributed by atoms with Crippen molar-refractivity contribution in [2.45, 2.75) is 5.03 Å². The molecule has 0 amide bonds. The van der Waals surface area contributed by atoms with Gasteiger partial charge in [-0.1, -0.05) is 11.3 Å². The van der Waals surface area contributed by atoms with Crippen molar-refractivity contribution >= 4 is 39.3 Å². The summed E-state index contributed by atoms with van der Waals surface area (Å²) in [6, 6.07) is 7.75. The highest BCUT2D eigenvalue weighted by atomic mass is 32.1. The highest BCUT2D eigenvalue weighted by Crippen LogP contribution is 2.29. The van der Waals surface area contributed by atoms with Crippen LogP contribution in [0.5, 0.6) is 5.88 Å². The molecule has 21 heavy (non-hydrogen) atoms. The molecule has 0 aliphatic rings. The maximum atomic E-state index is 5.15. The fraction of sp³-hybridized carbons (Fsp3) is 0.0714. The summed E-state index contributed by atoms with van der Waals surface area (Å²) in [6.45, 7) is 0. The van der Waals surface area contributed by atoms with Crippen molar-refractivity contribution in [3.05, 3.63) is 36.7 Å². The molecule has 0 N–H and O–H groups in total. The molecule has 0 atom stereocenters. The molecule has 0 radical (unpaired) electrons. The molecule has 4 rings (SSSR count). The molecule has 7 heteroatoms. The van der Waals surface area contributed by atoms with E-state index >= 15 is 0 Å². The first-order valence-electron chi connectivity index (χ1n) is 6.25. The topological polar surface area (TPSA) is 52.3 Å². The molecular weight excluding hydrogens is 304 g/mol. The van der Waals surface area contributed by atoms with E-state index in [-0.39, 0.29) is 0 Å². The molecule has 0 aromatic carbocycles. The second-order valence-corrected chi connectivity index (χ2v) is 5.96. The average Bonchev–Trinajstić information content (AvgIpc) is 3.04. The Morgan fingerprint density at radius 2 is 2.10 bits per heavy atom. The van der Waals surface area contributed by atoms with E-state index in [1.54, 1.807) is 24.6 Å². The van der Waals surface area contributed by atoms with Gasteiger partial charge in [-0.25, -0.2) is 15.0 Å². The van der Waals surface area contributed by atoms with E-state index in [9.17, 15) is 0 Å². The van der Waals surface area contributed by atoms with Gasteiger partial charge in [0, 0.05) is 42.7 Å². The third-order valence-corrected chi connectivity index (χ3v) is 4.46. The van der Waals surface area contributed by atoms with Crippen molar-refractivity contribution in [2.24, 2.45) is 0 Å². The molecule has 0 bridgehead atoms. The van der Waals surface area contributed by atoms with Crippen LogP contribution >= 0.6 is 11.3 Å². The van der Waals surface area contributed by atoms with Crippen LogP contribution in [0, 0.1) is 0 Å². The lowest BCUT2D eigenvalue weighted by atomic mass is 10.2. The standard InChI is InChI=1S/C14H10N4OS2/c1-19-11-4-3-10-13(17-11)21-14-16-9(7-18(10)14)8-2-5-12(20)15-6-8/h2-7H,1H3,(H,15,20)/p+1. The van der Waals surface area contributed by atoms with Crippen LogP contribution in [-0.2, 0) is 12.6 Å². The first-order valence-corrected chi connectivity index (χ1v) is 7.57. The van der Waals surface area contributed by atoms with Crippen LogP contribution in [0.25, 0.3) is 26.6 Å². The normalized spacial score (nSPS) is 11.3. The number of rotatable bonds is 2. The highest BCUT2D eigenvalue weighted by Gasteiger charge is 2.12. The Balaban J connectivity index is 1.88. The quantitative estimate of drug-likeness (QED) is 0.533. The molecule has 104 valence electrons. The molecular formula is C14H11N4OS2+. The van der Waals surface area contributed by atoms with Crippen LogP contribution in [0.1, 0.15) is 0 Å². The lowest BCUT2D eigenvalue weighted by Crippen LogP contribution is -1.86. The Hall–Kier alpha value is -2.12. The van der Waals surface area contributed by atoms with Crippen molar-refractivity contribution in [1.82, 2.24) is 19.4 Å². The summed E-state index contributed by atoms with van der Waals surface area (Å²) >= 11 is 4.93. The first-order chi connectivity index (χ1) is 10.2. The number of methoxy groups -OCH3 is 1. The molecule has 0 aliphatic carbocycles. The largest absolute Gasteiger partial charge is 0.481 e. The van der Waals surface area contributed by atoms with Gasteiger partial charge in [0.25, 0.3) is 0 Å². The zero-order valence-electron chi connectivity index (χ0n) is 11.1. The Bertz CT molecular complexity index is 943. The molecule has 4 heterocycles. The summed E-state index contributed by atoms with van der Waals surface area (Å²) in [5.41, 5.74) is 2.92. The van der Waals surface area contributed by atoms with Crippen molar-refractivity contribution in [1.29, 1.82) is 0 Å². The molecule has 5 nitrogen and oxygen atoms in total. The Morgan fingerprint density at radius 1 is 1.19 bits per heavy atom. The third-order valence-electron chi connectivity index (χ3n) is 3.20. The predicted octanol–water partition coefficient (Wildman–Crippen LogP) is 2.39. The zero-order chi connectivity index (χ0) is 14.4. The van der Waals surface area contributed by atoms with Crippen LogP contribution in [0.3, 0.4) is 0 Å². The fourth-order valence-corrected chi connectivity index (χ4v) is 3.29. The van der Waals surface area contributed by atoms with Crippen LogP contribution in [0.4, 0.5) is 0 Å². The van der Waals surface area contributed by atoms with E-state index in [1.165, 1.54) is 0 Å². The van der Waals surface area contributed by atoms with E-state index in [1.807, 2.05) is 34.9 Å². The maximum Gasteiger partial charge on any atom is 0.242 e. The van der Waals surface area contributed by atoms with Gasteiger partial charge in [0.15, 0.2) is 4.96 Å². The van der Waals surface area contributed by atoms with Gasteiger partial charge >= 0.3 is 0 Å². The summed E-state index contributed by atoms with van der Waals surface area (Å²) in [6.07, 6.45) is 3.81. The predicted molar refractivity (Wildman–Crippen MR) is 86.6 cm³/mol. The van der Waals surface area contributed by atoms with Crippen molar-refractivity contribution in [2.75, 3.05) is 7.11 Å². The number of hydrogen-bond donors (Lipinski definition) is 0. The fourth-order valence-electron chi connectivity index (χ4n) is 2.17. The maximum absolute atomic E-state index is 5.15. The minimum atomic E-state index is 0.615. The number of hydrogen-bond acceptors (Lipinski definition) is 5. The van der Waals surface area contributed by atoms with Gasteiger partial charge < -0.3 is 4.74 Å². The van der Waals surface area contributed by atoms with Gasteiger partial charge in [0.2, 0.25) is 10.9 Å². The minimum absolute atomic E-state index is 0.615. The number of pyridine rings is 2. The zero-order valence-corrected chi connectivity index (χ0v) is 12.9. The van der Waals surface area contributed by atoms with E-state index in [0.717, 1.165) is 31.6 Å². The van der Waals surface area contributed by atoms with Crippen LogP contribution in [0.15, 0.2) is 41.7 Å². The van der Waals surface area contributed by atoms with Gasteiger partial charge in [-0.3, -0.25) is 4.40 Å². The third kappa shape index (κ3) is 2.05. The SMILES string of the molecule is COc1ccc2c(n1)sc1nc(-c3ccc([SH2+])nc3)cn12. The van der Waals surface area contributed by atoms with E-state index in [0.29, 0.717) is 5.88 Å². The molecule has 4 aromatic rings. The Labute approximate surface area is 129 Å². The van der Waals surface area contributed by atoms with E-state index in [4.69, 9.17) is 4.74 Å². The molecule has 0 saturated carbocycles. The molecule has 0 saturated heterocycles. The van der Waals surface area contributed by atoms with Gasteiger partial charge in [0.1, 0.15) is 4.83 Å². The number of fused-ring (bicyclic) bond motifs is 3. The monoisotopic (exact) mass is 315 g/mol. The van der Waals surface area contributed by atoms with Gasteiger partial charge in [-0.15, -0.1) is 0 Å². The van der Waals surface area contributed by atoms with Gasteiger partial charge in [0.05, 0.1) is 18.3 Å². The van der Waals surface area contributed by atoms with Crippen molar-refractivity contribution in [3.63, 3.8) is 0 Å². The minimum Gasteiger partial charge on any atom is -0.481 e. The second kappa shape index (κ2) is 4.71. The molecule has 0 fully saturated rings. The molecule has 0 unspecified atom stereocenters. The molecule has 0 aliphatic heterocycles. The molecule has 0 spiro atoms. The lowest BCUT2D eigenvalue weighted by Gasteiger charge is -1.97. The summed E-state index contributed by atoms with van der Waals surface area (Å²) in [7, 11) is 1.62. The van der Waals surface area contributed by atoms with Gasteiger partial charge in [-0.2, -0.15) is 0 Å². The van der Waals surface area contributed by atoms with Crippen LogP contribution in [0.2, 0.25) is 0 Å². The average molecular weight is 315 g/mol. The Morgan fingerprint density at radius 3 is 2.86 bits per heavy atom. The van der Waals surface area contributed by atoms with Gasteiger partial charge in [-0.05, 0) is 12.1 Å². The summed E-state index contributed by atoms with van der Waals surface area (Å²) in [4.78, 5) is 15.1. The first kappa shape index (κ1) is 12.6. The lowest BCUT2D eigenvalue weighted by molar-refractivity contribution is 0.400. The number of nitrogens with zero attached hydrogens (tertiary/aromatic N) is 4. The Kier molecular flexibility index (Phi) is 2.83. The summed E-state index contributed by atoms with van der Waals surface area (Å²) in [5, 5.41) is 0.807.